The van der Waals surface area contributed by atoms with E-state index >= 15 is 0 Å². The Morgan fingerprint density at radius 2 is 1.58 bits per heavy atom. The second-order valence-electron chi connectivity index (χ2n) is 7.62. The van der Waals surface area contributed by atoms with Crippen molar-refractivity contribution in [3.05, 3.63) is 126 Å². The van der Waals surface area contributed by atoms with Crippen molar-refractivity contribution in [1.29, 1.82) is 0 Å². The van der Waals surface area contributed by atoms with Gasteiger partial charge < -0.3 is 14.4 Å². The molecule has 0 aliphatic carbocycles. The zero-order chi connectivity index (χ0) is 23.0. The highest BCUT2D eigenvalue weighted by molar-refractivity contribution is 5.95. The third-order valence-electron chi connectivity index (χ3n) is 5.44. The van der Waals surface area contributed by atoms with E-state index in [-0.39, 0.29) is 11.9 Å². The lowest BCUT2D eigenvalue weighted by atomic mass is 10.0. The zero-order valence-electron chi connectivity index (χ0n) is 18.7. The van der Waals surface area contributed by atoms with Gasteiger partial charge >= 0.3 is 0 Å². The number of carbonyl (C=O) groups excluding carboxylic acids is 1. The van der Waals surface area contributed by atoms with Gasteiger partial charge in [0.2, 0.25) is 0 Å². The SMILES string of the molecule is COc1cc(C(=O)N(C)C(c2ccccc2)c2ccccn2)ccc1OCc1ccccc1. The molecular formula is C28H26N2O3. The van der Waals surface area contributed by atoms with E-state index in [0.717, 1.165) is 16.8 Å². The fourth-order valence-electron chi connectivity index (χ4n) is 3.74. The summed E-state index contributed by atoms with van der Waals surface area (Å²) in [7, 11) is 3.37. The van der Waals surface area contributed by atoms with Gasteiger partial charge in [0.05, 0.1) is 18.8 Å². The van der Waals surface area contributed by atoms with Gasteiger partial charge in [-0.25, -0.2) is 0 Å². The van der Waals surface area contributed by atoms with Gasteiger partial charge in [0.25, 0.3) is 5.91 Å². The highest BCUT2D eigenvalue weighted by atomic mass is 16.5. The molecule has 4 aromatic rings. The van der Waals surface area contributed by atoms with E-state index in [1.165, 1.54) is 0 Å². The van der Waals surface area contributed by atoms with Gasteiger partial charge in [-0.05, 0) is 41.5 Å². The Labute approximate surface area is 194 Å². The predicted molar refractivity (Wildman–Crippen MR) is 128 cm³/mol. The van der Waals surface area contributed by atoms with Crippen LogP contribution in [0.5, 0.6) is 11.5 Å². The van der Waals surface area contributed by atoms with E-state index in [1.807, 2.05) is 78.9 Å². The number of rotatable bonds is 8. The molecule has 166 valence electrons. The Bertz CT molecular complexity index is 1140. The van der Waals surface area contributed by atoms with Gasteiger partial charge in [-0.1, -0.05) is 66.7 Å². The first-order valence-corrected chi connectivity index (χ1v) is 10.7. The Morgan fingerprint density at radius 3 is 2.24 bits per heavy atom. The number of hydrogen-bond acceptors (Lipinski definition) is 4. The monoisotopic (exact) mass is 438 g/mol. The van der Waals surface area contributed by atoms with Crippen LogP contribution in [0.15, 0.2) is 103 Å². The molecule has 0 fully saturated rings. The largest absolute Gasteiger partial charge is 0.493 e. The molecular weight excluding hydrogens is 412 g/mol. The normalized spacial score (nSPS) is 11.5. The van der Waals surface area contributed by atoms with Crippen molar-refractivity contribution < 1.29 is 14.3 Å². The fourth-order valence-corrected chi connectivity index (χ4v) is 3.74. The first-order chi connectivity index (χ1) is 16.2. The van der Waals surface area contributed by atoms with Crippen LogP contribution in [0.1, 0.15) is 33.2 Å². The minimum atomic E-state index is -0.320. The van der Waals surface area contributed by atoms with E-state index in [2.05, 4.69) is 4.98 Å². The maximum absolute atomic E-state index is 13.5. The molecule has 1 unspecified atom stereocenters. The molecule has 0 N–H and O–H groups in total. The summed E-state index contributed by atoms with van der Waals surface area (Å²) in [4.78, 5) is 19.7. The van der Waals surface area contributed by atoms with Crippen LogP contribution in [0.2, 0.25) is 0 Å². The van der Waals surface area contributed by atoms with Crippen LogP contribution in [-0.4, -0.2) is 29.9 Å². The van der Waals surface area contributed by atoms with E-state index in [9.17, 15) is 4.79 Å². The van der Waals surface area contributed by atoms with Crippen molar-refractivity contribution in [3.8, 4) is 11.5 Å². The third-order valence-corrected chi connectivity index (χ3v) is 5.44. The molecule has 0 aliphatic rings. The molecule has 5 nitrogen and oxygen atoms in total. The maximum atomic E-state index is 13.5. The smallest absolute Gasteiger partial charge is 0.254 e. The molecule has 1 aromatic heterocycles. The molecule has 0 aliphatic heterocycles. The minimum absolute atomic E-state index is 0.137. The molecule has 4 rings (SSSR count). The summed E-state index contributed by atoms with van der Waals surface area (Å²) < 4.78 is 11.5. The van der Waals surface area contributed by atoms with E-state index in [4.69, 9.17) is 9.47 Å². The zero-order valence-corrected chi connectivity index (χ0v) is 18.7. The molecule has 0 spiro atoms. The van der Waals surface area contributed by atoms with E-state index in [1.54, 1.807) is 43.5 Å². The van der Waals surface area contributed by atoms with Crippen LogP contribution in [0, 0.1) is 0 Å². The summed E-state index contributed by atoms with van der Waals surface area (Å²) in [6, 6.07) is 30.5. The number of amides is 1. The highest BCUT2D eigenvalue weighted by Crippen LogP contribution is 2.32. The second-order valence-corrected chi connectivity index (χ2v) is 7.62. The molecule has 33 heavy (non-hydrogen) atoms. The summed E-state index contributed by atoms with van der Waals surface area (Å²) in [6.07, 6.45) is 1.74. The number of ether oxygens (including phenoxy) is 2. The summed E-state index contributed by atoms with van der Waals surface area (Å²) in [6.45, 7) is 0.417. The minimum Gasteiger partial charge on any atom is -0.493 e. The van der Waals surface area contributed by atoms with Crippen molar-refractivity contribution in [2.75, 3.05) is 14.2 Å². The van der Waals surface area contributed by atoms with Gasteiger partial charge in [-0.3, -0.25) is 9.78 Å². The van der Waals surface area contributed by atoms with Crippen LogP contribution in [0.25, 0.3) is 0 Å². The van der Waals surface area contributed by atoms with Crippen LogP contribution in [-0.2, 0) is 6.61 Å². The Balaban J connectivity index is 1.59. The highest BCUT2D eigenvalue weighted by Gasteiger charge is 2.26. The summed E-state index contributed by atoms with van der Waals surface area (Å²) in [5, 5.41) is 0. The van der Waals surface area contributed by atoms with Gasteiger partial charge in [0.15, 0.2) is 11.5 Å². The predicted octanol–water partition coefficient (Wildman–Crippen LogP) is 5.53. The van der Waals surface area contributed by atoms with Crippen molar-refractivity contribution in [2.45, 2.75) is 12.6 Å². The van der Waals surface area contributed by atoms with Crippen LogP contribution >= 0.6 is 0 Å². The molecule has 0 bridgehead atoms. The summed E-state index contributed by atoms with van der Waals surface area (Å²) in [5.74, 6) is 0.964. The molecule has 3 aromatic carbocycles. The number of hydrogen-bond donors (Lipinski definition) is 0. The van der Waals surface area contributed by atoms with Crippen LogP contribution < -0.4 is 9.47 Å². The lowest BCUT2D eigenvalue weighted by Gasteiger charge is -2.28. The molecule has 1 amide bonds. The van der Waals surface area contributed by atoms with Gasteiger partial charge in [-0.15, -0.1) is 0 Å². The summed E-state index contributed by atoms with van der Waals surface area (Å²) >= 11 is 0. The number of methoxy groups -OCH3 is 1. The average Bonchev–Trinajstić information content (AvgIpc) is 2.89. The molecule has 0 saturated heterocycles. The molecule has 5 heteroatoms. The summed E-state index contributed by atoms with van der Waals surface area (Å²) in [5.41, 5.74) is 3.36. The van der Waals surface area contributed by atoms with E-state index < -0.39 is 0 Å². The van der Waals surface area contributed by atoms with Gasteiger partial charge in [0, 0.05) is 18.8 Å². The molecule has 0 radical (unpaired) electrons. The average molecular weight is 439 g/mol. The number of aromatic nitrogens is 1. The quantitative estimate of drug-likeness (QED) is 0.363. The van der Waals surface area contributed by atoms with Crippen LogP contribution in [0.4, 0.5) is 0 Å². The molecule has 0 saturated carbocycles. The number of benzene rings is 3. The standard InChI is InChI=1S/C28H26N2O3/c1-30(27(22-13-7-4-8-14-22)24-15-9-10-18-29-24)28(31)23-16-17-25(26(19-23)32-2)33-20-21-11-5-3-6-12-21/h3-19,27H,20H2,1-2H3. The Hall–Kier alpha value is -4.12. The van der Waals surface area contributed by atoms with Crippen molar-refractivity contribution in [3.63, 3.8) is 0 Å². The third kappa shape index (κ3) is 5.21. The van der Waals surface area contributed by atoms with Crippen molar-refractivity contribution >= 4 is 5.91 Å². The maximum Gasteiger partial charge on any atom is 0.254 e. The van der Waals surface area contributed by atoms with Gasteiger partial charge in [-0.2, -0.15) is 0 Å². The first-order valence-electron chi connectivity index (χ1n) is 10.7. The fraction of sp³-hybridized carbons (Fsp3) is 0.143. The Morgan fingerprint density at radius 1 is 0.879 bits per heavy atom. The topological polar surface area (TPSA) is 51.7 Å². The molecule has 1 atom stereocenters. The Kier molecular flexibility index (Phi) is 7.00. The number of carbonyl (C=O) groups is 1. The van der Waals surface area contributed by atoms with Crippen molar-refractivity contribution in [1.82, 2.24) is 9.88 Å². The van der Waals surface area contributed by atoms with Crippen molar-refractivity contribution in [2.24, 2.45) is 0 Å². The van der Waals surface area contributed by atoms with Crippen LogP contribution in [0.3, 0.4) is 0 Å². The number of pyridine rings is 1. The number of nitrogens with zero attached hydrogens (tertiary/aromatic N) is 2. The second kappa shape index (κ2) is 10.5. The van der Waals surface area contributed by atoms with E-state index in [0.29, 0.717) is 23.7 Å². The first kappa shape index (κ1) is 22.1. The van der Waals surface area contributed by atoms with Gasteiger partial charge in [0.1, 0.15) is 6.61 Å². The molecule has 1 heterocycles. The lowest BCUT2D eigenvalue weighted by molar-refractivity contribution is 0.0752. The lowest BCUT2D eigenvalue weighted by Crippen LogP contribution is -2.32.